The highest BCUT2D eigenvalue weighted by Crippen LogP contribution is 2.62. The first-order valence-electron chi connectivity index (χ1n) is 8.78. The Kier molecular flexibility index (Phi) is 3.42. The van der Waals surface area contributed by atoms with Gasteiger partial charge in [0.1, 0.15) is 0 Å². The van der Waals surface area contributed by atoms with Crippen molar-refractivity contribution < 1.29 is 0 Å². The van der Waals surface area contributed by atoms with E-state index in [4.69, 9.17) is 0 Å². The molecule has 0 aromatic carbocycles. The molecule has 0 heterocycles. The summed E-state index contributed by atoms with van der Waals surface area (Å²) < 4.78 is 0. The molecule has 0 radical (unpaired) electrons. The van der Waals surface area contributed by atoms with Crippen LogP contribution in [0.15, 0.2) is 22.8 Å². The van der Waals surface area contributed by atoms with Gasteiger partial charge in [-0.05, 0) is 72.3 Å². The third-order valence-electron chi connectivity index (χ3n) is 6.53. The lowest BCUT2D eigenvalue weighted by Gasteiger charge is -2.54. The molecule has 1 saturated carbocycles. The quantitative estimate of drug-likeness (QED) is 0.526. The first-order valence-corrected chi connectivity index (χ1v) is 8.78. The van der Waals surface area contributed by atoms with Gasteiger partial charge >= 0.3 is 0 Å². The standard InChI is InChI=1S/C20H32/c1-14(2)13-15-7-9-17-16(15)8-10-18-19(3,4)11-6-12-20(17,18)5/h13-14,18H,6-12H2,1-5H3/b15-13+/t18-,20+/m0/s1. The molecule has 0 aliphatic heterocycles. The van der Waals surface area contributed by atoms with Crippen LogP contribution < -0.4 is 0 Å². The molecule has 0 heteroatoms. The molecule has 0 unspecified atom stereocenters. The van der Waals surface area contributed by atoms with Crippen LogP contribution >= 0.6 is 0 Å². The fourth-order valence-electron chi connectivity index (χ4n) is 5.76. The topological polar surface area (TPSA) is 0 Å². The minimum Gasteiger partial charge on any atom is -0.0785 e. The molecule has 1 fully saturated rings. The summed E-state index contributed by atoms with van der Waals surface area (Å²) in [4.78, 5) is 0. The van der Waals surface area contributed by atoms with E-state index in [0.717, 1.165) is 5.92 Å². The van der Waals surface area contributed by atoms with Crippen LogP contribution in [0.3, 0.4) is 0 Å². The number of hydrogen-bond donors (Lipinski definition) is 0. The molecule has 0 N–H and O–H groups in total. The second kappa shape index (κ2) is 4.75. The lowest BCUT2D eigenvalue weighted by atomic mass is 9.50. The van der Waals surface area contributed by atoms with E-state index in [1.165, 1.54) is 44.9 Å². The van der Waals surface area contributed by atoms with Gasteiger partial charge in [0.25, 0.3) is 0 Å². The number of hydrogen-bond acceptors (Lipinski definition) is 0. The van der Waals surface area contributed by atoms with Crippen LogP contribution in [0.25, 0.3) is 0 Å². The average Bonchev–Trinajstić information content (AvgIpc) is 2.72. The molecule has 3 aliphatic rings. The third-order valence-corrected chi connectivity index (χ3v) is 6.53. The van der Waals surface area contributed by atoms with Gasteiger partial charge in [-0.3, -0.25) is 0 Å². The van der Waals surface area contributed by atoms with Crippen molar-refractivity contribution in [2.45, 2.75) is 79.6 Å². The van der Waals surface area contributed by atoms with Gasteiger partial charge in [-0.1, -0.05) is 52.7 Å². The zero-order chi connectivity index (χ0) is 14.5. The Morgan fingerprint density at radius 2 is 1.80 bits per heavy atom. The molecule has 0 nitrogen and oxygen atoms in total. The minimum atomic E-state index is 0.516. The van der Waals surface area contributed by atoms with Gasteiger partial charge in [0.15, 0.2) is 0 Å². The highest BCUT2D eigenvalue weighted by Gasteiger charge is 2.51. The van der Waals surface area contributed by atoms with Crippen molar-refractivity contribution in [3.8, 4) is 0 Å². The smallest absolute Gasteiger partial charge is 0.00769 e. The molecule has 0 amide bonds. The molecule has 0 bridgehead atoms. The third kappa shape index (κ3) is 2.11. The molecule has 3 rings (SSSR count). The Hall–Kier alpha value is -0.520. The molecule has 20 heavy (non-hydrogen) atoms. The second-order valence-electron chi connectivity index (χ2n) is 8.74. The minimum absolute atomic E-state index is 0.516. The van der Waals surface area contributed by atoms with Crippen LogP contribution in [0.4, 0.5) is 0 Å². The maximum absolute atomic E-state index is 2.60. The number of rotatable bonds is 1. The maximum atomic E-state index is 2.60. The molecule has 2 atom stereocenters. The van der Waals surface area contributed by atoms with E-state index in [9.17, 15) is 0 Å². The second-order valence-corrected chi connectivity index (χ2v) is 8.74. The van der Waals surface area contributed by atoms with Crippen molar-refractivity contribution in [3.63, 3.8) is 0 Å². The first-order chi connectivity index (χ1) is 9.34. The molecular formula is C20H32. The Bertz CT molecular complexity index is 460. The van der Waals surface area contributed by atoms with Crippen LogP contribution in [0.2, 0.25) is 0 Å². The van der Waals surface area contributed by atoms with Crippen molar-refractivity contribution in [1.29, 1.82) is 0 Å². The van der Waals surface area contributed by atoms with Crippen LogP contribution in [0.1, 0.15) is 79.6 Å². The molecule has 112 valence electrons. The van der Waals surface area contributed by atoms with Gasteiger partial charge in [0.2, 0.25) is 0 Å². The molecule has 0 spiro atoms. The van der Waals surface area contributed by atoms with Gasteiger partial charge in [-0.15, -0.1) is 0 Å². The average molecular weight is 272 g/mol. The van der Waals surface area contributed by atoms with Gasteiger partial charge in [-0.2, -0.15) is 0 Å². The van der Waals surface area contributed by atoms with Crippen LogP contribution in [0.5, 0.6) is 0 Å². The monoisotopic (exact) mass is 272 g/mol. The SMILES string of the molecule is CC(C)/C=C1\CCC2=C1CC[C@H]1C(C)(C)CCC[C@]21C. The molecule has 0 aromatic rings. The molecule has 0 saturated heterocycles. The zero-order valence-electron chi connectivity index (χ0n) is 14.2. The summed E-state index contributed by atoms with van der Waals surface area (Å²) in [5.41, 5.74) is 6.43. The Morgan fingerprint density at radius 1 is 1.05 bits per heavy atom. The van der Waals surface area contributed by atoms with Crippen molar-refractivity contribution in [2.24, 2.45) is 22.7 Å². The number of fused-ring (bicyclic) bond motifs is 2. The predicted octanol–water partition coefficient (Wildman–Crippen LogP) is 6.29. The van der Waals surface area contributed by atoms with E-state index in [0.29, 0.717) is 16.7 Å². The highest BCUT2D eigenvalue weighted by atomic mass is 14.6. The van der Waals surface area contributed by atoms with E-state index >= 15 is 0 Å². The first kappa shape index (κ1) is 14.4. The zero-order valence-corrected chi connectivity index (χ0v) is 14.2. The van der Waals surface area contributed by atoms with Gasteiger partial charge < -0.3 is 0 Å². The van der Waals surface area contributed by atoms with E-state index in [1.54, 1.807) is 11.1 Å². The normalized spacial score (nSPS) is 38.3. The summed E-state index contributed by atoms with van der Waals surface area (Å²) in [5.74, 6) is 1.62. The van der Waals surface area contributed by atoms with E-state index < -0.39 is 0 Å². The van der Waals surface area contributed by atoms with Crippen molar-refractivity contribution in [1.82, 2.24) is 0 Å². The van der Waals surface area contributed by atoms with Crippen LogP contribution in [-0.2, 0) is 0 Å². The molecular weight excluding hydrogens is 240 g/mol. The van der Waals surface area contributed by atoms with Crippen molar-refractivity contribution in [3.05, 3.63) is 22.8 Å². The van der Waals surface area contributed by atoms with E-state index in [1.807, 2.05) is 5.57 Å². The fourth-order valence-corrected chi connectivity index (χ4v) is 5.76. The van der Waals surface area contributed by atoms with Crippen molar-refractivity contribution >= 4 is 0 Å². The summed E-state index contributed by atoms with van der Waals surface area (Å²) in [6.45, 7) is 12.3. The summed E-state index contributed by atoms with van der Waals surface area (Å²) in [6.07, 6.45) is 12.3. The summed E-state index contributed by atoms with van der Waals surface area (Å²) >= 11 is 0. The number of allylic oxidation sites excluding steroid dienone is 4. The Labute approximate surface area is 125 Å². The van der Waals surface area contributed by atoms with Crippen molar-refractivity contribution in [2.75, 3.05) is 0 Å². The Morgan fingerprint density at radius 3 is 2.50 bits per heavy atom. The van der Waals surface area contributed by atoms with Gasteiger partial charge in [-0.25, -0.2) is 0 Å². The fraction of sp³-hybridized carbons (Fsp3) is 0.800. The lowest BCUT2D eigenvalue weighted by molar-refractivity contribution is 0.0124. The largest absolute Gasteiger partial charge is 0.0785 e. The van der Waals surface area contributed by atoms with Crippen LogP contribution in [0, 0.1) is 22.7 Å². The van der Waals surface area contributed by atoms with Crippen LogP contribution in [-0.4, -0.2) is 0 Å². The van der Waals surface area contributed by atoms with E-state index in [-0.39, 0.29) is 0 Å². The molecule has 3 aliphatic carbocycles. The lowest BCUT2D eigenvalue weighted by Crippen LogP contribution is -2.45. The van der Waals surface area contributed by atoms with Gasteiger partial charge in [0, 0.05) is 0 Å². The summed E-state index contributed by atoms with van der Waals surface area (Å²) in [6, 6.07) is 0. The predicted molar refractivity (Wildman–Crippen MR) is 87.6 cm³/mol. The summed E-state index contributed by atoms with van der Waals surface area (Å²) in [7, 11) is 0. The Balaban J connectivity index is 2.01. The van der Waals surface area contributed by atoms with Gasteiger partial charge in [0.05, 0.1) is 0 Å². The summed E-state index contributed by atoms with van der Waals surface area (Å²) in [5, 5.41) is 0. The maximum Gasteiger partial charge on any atom is -0.00769 e. The molecule has 0 aromatic heterocycles. The van der Waals surface area contributed by atoms with E-state index in [2.05, 4.69) is 40.7 Å². The highest BCUT2D eigenvalue weighted by molar-refractivity contribution is 5.46.